The van der Waals surface area contributed by atoms with Crippen LogP contribution < -0.4 is 9.47 Å². The van der Waals surface area contributed by atoms with Gasteiger partial charge in [0.25, 0.3) is 0 Å². The van der Waals surface area contributed by atoms with Gasteiger partial charge in [0, 0.05) is 10.7 Å². The molecule has 0 radical (unpaired) electrons. The zero-order chi connectivity index (χ0) is 18.5. The smallest absolute Gasteiger partial charge is 0.119 e. The second-order valence-corrected chi connectivity index (χ2v) is 7.50. The molecule has 0 fully saturated rings. The van der Waals surface area contributed by atoms with Gasteiger partial charge in [-0.3, -0.25) is 0 Å². The van der Waals surface area contributed by atoms with E-state index >= 15 is 0 Å². The fourth-order valence-corrected chi connectivity index (χ4v) is 3.43. The summed E-state index contributed by atoms with van der Waals surface area (Å²) in [5, 5.41) is 1.74. The van der Waals surface area contributed by atoms with Gasteiger partial charge in [-0.15, -0.1) is 0 Å². The van der Waals surface area contributed by atoms with Crippen LogP contribution in [-0.2, 0) is 10.7 Å². The lowest BCUT2D eigenvalue weighted by molar-refractivity contribution is 0.297. The van der Waals surface area contributed by atoms with Crippen molar-refractivity contribution in [2.45, 2.75) is 49.2 Å². The van der Waals surface area contributed by atoms with Crippen molar-refractivity contribution in [2.75, 3.05) is 13.2 Å². The average Bonchev–Trinajstić information content (AvgIpc) is 2.69. The lowest BCUT2D eigenvalue weighted by Crippen LogP contribution is -1.99. The number of halogens is 2. The number of benzene rings is 2. The molecule has 0 atom stereocenters. The van der Waals surface area contributed by atoms with Crippen LogP contribution in [0.1, 0.15) is 49.7 Å². The van der Waals surface area contributed by atoms with Gasteiger partial charge in [0.1, 0.15) is 11.5 Å². The molecule has 2 nitrogen and oxygen atoms in total. The molecular weight excluding hydrogens is 456 g/mol. The fraction of sp³-hybridized carbons (Fsp3) is 0.455. The van der Waals surface area contributed by atoms with Crippen LogP contribution in [0.25, 0.3) is 0 Å². The molecule has 0 spiro atoms. The number of ether oxygens (including phenoxy) is 2. The van der Waals surface area contributed by atoms with E-state index in [1.165, 1.54) is 36.8 Å². The lowest BCUT2D eigenvalue weighted by atomic mass is 10.1. The monoisotopic (exact) mass is 482 g/mol. The minimum absolute atomic E-state index is 0.804. The van der Waals surface area contributed by atoms with Crippen molar-refractivity contribution in [3.8, 4) is 11.5 Å². The summed E-state index contributed by atoms with van der Waals surface area (Å²) in [5.74, 6) is 1.95. The molecule has 0 unspecified atom stereocenters. The maximum Gasteiger partial charge on any atom is 0.119 e. The first-order valence-electron chi connectivity index (χ1n) is 9.37. The van der Waals surface area contributed by atoms with Gasteiger partial charge in [0.15, 0.2) is 0 Å². The summed E-state index contributed by atoms with van der Waals surface area (Å²) in [6, 6.07) is 16.5. The molecule has 0 amide bonds. The first kappa shape index (κ1) is 21.3. The number of alkyl halides is 2. The van der Waals surface area contributed by atoms with Crippen LogP contribution in [0.5, 0.6) is 11.5 Å². The Morgan fingerprint density at radius 2 is 1.00 bits per heavy atom. The van der Waals surface area contributed by atoms with E-state index in [1.54, 1.807) is 0 Å². The van der Waals surface area contributed by atoms with Crippen molar-refractivity contribution in [2.24, 2.45) is 0 Å². The molecule has 0 aliphatic rings. The highest BCUT2D eigenvalue weighted by atomic mass is 79.9. The van der Waals surface area contributed by atoms with E-state index in [1.807, 2.05) is 24.3 Å². The Kier molecular flexibility index (Phi) is 10.8. The second kappa shape index (κ2) is 13.2. The van der Waals surface area contributed by atoms with Crippen LogP contribution in [0.3, 0.4) is 0 Å². The third-order valence-corrected chi connectivity index (χ3v) is 5.48. The molecule has 4 heteroatoms. The van der Waals surface area contributed by atoms with E-state index < -0.39 is 0 Å². The van der Waals surface area contributed by atoms with E-state index in [2.05, 4.69) is 56.1 Å². The third-order valence-electron chi connectivity index (χ3n) is 4.18. The predicted molar refractivity (Wildman–Crippen MR) is 117 cm³/mol. The molecule has 2 aromatic rings. The Morgan fingerprint density at radius 3 is 1.42 bits per heavy atom. The van der Waals surface area contributed by atoms with Crippen LogP contribution in [0.4, 0.5) is 0 Å². The Hall–Kier alpha value is -1.00. The highest BCUT2D eigenvalue weighted by Gasteiger charge is 1.98. The van der Waals surface area contributed by atoms with Gasteiger partial charge >= 0.3 is 0 Å². The standard InChI is InChI=1S/C22H28Br2O2/c23-17-19-9-7-11-21(15-19)25-13-5-3-1-2-4-6-14-26-22-12-8-10-20(16-22)18-24/h7-12,15-16H,1-6,13-14,17-18H2. The molecular formula is C22H28Br2O2. The molecule has 142 valence electrons. The summed E-state index contributed by atoms with van der Waals surface area (Å²) < 4.78 is 11.6. The molecule has 0 aromatic heterocycles. The summed E-state index contributed by atoms with van der Waals surface area (Å²) in [6.45, 7) is 1.61. The zero-order valence-electron chi connectivity index (χ0n) is 15.3. The van der Waals surface area contributed by atoms with Gasteiger partial charge in [-0.2, -0.15) is 0 Å². The molecule has 0 N–H and O–H groups in total. The van der Waals surface area contributed by atoms with Crippen LogP contribution in [-0.4, -0.2) is 13.2 Å². The maximum atomic E-state index is 5.82. The van der Waals surface area contributed by atoms with Crippen molar-refractivity contribution < 1.29 is 9.47 Å². The van der Waals surface area contributed by atoms with Gasteiger partial charge in [0.05, 0.1) is 13.2 Å². The SMILES string of the molecule is BrCc1cccc(OCCCCCCCCOc2cccc(CBr)c2)c1. The highest BCUT2D eigenvalue weighted by Crippen LogP contribution is 2.17. The van der Waals surface area contributed by atoms with Crippen LogP contribution in [0.15, 0.2) is 48.5 Å². The normalized spacial score (nSPS) is 10.7. The molecule has 2 aromatic carbocycles. The number of hydrogen-bond acceptors (Lipinski definition) is 2. The lowest BCUT2D eigenvalue weighted by Gasteiger charge is -2.08. The summed E-state index contributed by atoms with van der Waals surface area (Å²) in [7, 11) is 0. The largest absolute Gasteiger partial charge is 0.494 e. The van der Waals surface area contributed by atoms with Gasteiger partial charge in [-0.1, -0.05) is 81.8 Å². The van der Waals surface area contributed by atoms with Crippen molar-refractivity contribution in [3.05, 3.63) is 59.7 Å². The van der Waals surface area contributed by atoms with Gasteiger partial charge in [0.2, 0.25) is 0 Å². The number of rotatable bonds is 13. The quantitative estimate of drug-likeness (QED) is 0.220. The first-order chi connectivity index (χ1) is 12.8. The van der Waals surface area contributed by atoms with Crippen LogP contribution >= 0.6 is 31.9 Å². The van der Waals surface area contributed by atoms with E-state index in [-0.39, 0.29) is 0 Å². The van der Waals surface area contributed by atoms with Crippen molar-refractivity contribution in [3.63, 3.8) is 0 Å². The predicted octanol–water partition coefficient (Wildman–Crippen LogP) is 7.27. The summed E-state index contributed by atoms with van der Waals surface area (Å²) >= 11 is 6.95. The molecule has 0 heterocycles. The molecule has 26 heavy (non-hydrogen) atoms. The Bertz CT molecular complexity index is 576. The Balaban J connectivity index is 1.44. The van der Waals surface area contributed by atoms with Gasteiger partial charge < -0.3 is 9.47 Å². The van der Waals surface area contributed by atoms with Gasteiger partial charge in [-0.05, 0) is 48.2 Å². The number of unbranched alkanes of at least 4 members (excludes halogenated alkanes) is 5. The van der Waals surface area contributed by atoms with E-state index in [4.69, 9.17) is 9.47 Å². The highest BCUT2D eigenvalue weighted by molar-refractivity contribution is 9.08. The molecule has 0 saturated heterocycles. The van der Waals surface area contributed by atoms with E-state index in [0.29, 0.717) is 0 Å². The minimum Gasteiger partial charge on any atom is -0.494 e. The van der Waals surface area contributed by atoms with Crippen molar-refractivity contribution in [1.29, 1.82) is 0 Å². The van der Waals surface area contributed by atoms with Gasteiger partial charge in [-0.25, -0.2) is 0 Å². The second-order valence-electron chi connectivity index (χ2n) is 6.38. The molecule has 2 rings (SSSR count). The summed E-state index contributed by atoms with van der Waals surface area (Å²) in [5.41, 5.74) is 2.51. The van der Waals surface area contributed by atoms with Crippen LogP contribution in [0.2, 0.25) is 0 Å². The summed E-state index contributed by atoms with van der Waals surface area (Å²) in [4.78, 5) is 0. The molecule has 0 saturated carbocycles. The van der Waals surface area contributed by atoms with E-state index in [9.17, 15) is 0 Å². The molecule has 0 bridgehead atoms. The average molecular weight is 484 g/mol. The van der Waals surface area contributed by atoms with Crippen molar-refractivity contribution in [1.82, 2.24) is 0 Å². The topological polar surface area (TPSA) is 18.5 Å². The minimum atomic E-state index is 0.804. The molecule has 0 aliphatic heterocycles. The fourth-order valence-electron chi connectivity index (χ4n) is 2.73. The number of hydrogen-bond donors (Lipinski definition) is 0. The van der Waals surface area contributed by atoms with Crippen molar-refractivity contribution >= 4 is 31.9 Å². The van der Waals surface area contributed by atoms with Crippen LogP contribution in [0, 0.1) is 0 Å². The molecule has 0 aliphatic carbocycles. The Labute approximate surface area is 174 Å². The zero-order valence-corrected chi connectivity index (χ0v) is 18.4. The third kappa shape index (κ3) is 8.59. The Morgan fingerprint density at radius 1 is 0.577 bits per heavy atom. The first-order valence-corrected chi connectivity index (χ1v) is 11.6. The summed E-state index contributed by atoms with van der Waals surface area (Å²) in [6.07, 6.45) is 7.23. The van der Waals surface area contributed by atoms with E-state index in [0.717, 1.165) is 48.2 Å². The maximum absolute atomic E-state index is 5.82.